The van der Waals surface area contributed by atoms with Gasteiger partial charge in [-0.05, 0) is 106 Å². The van der Waals surface area contributed by atoms with Gasteiger partial charge in [0.05, 0.1) is 0 Å². The van der Waals surface area contributed by atoms with Gasteiger partial charge in [-0.25, -0.2) is 9.97 Å². The van der Waals surface area contributed by atoms with Gasteiger partial charge < -0.3 is 8.83 Å². The van der Waals surface area contributed by atoms with Crippen molar-refractivity contribution < 1.29 is 8.83 Å². The molecule has 0 aliphatic heterocycles. The van der Waals surface area contributed by atoms with Gasteiger partial charge in [0.1, 0.15) is 11.0 Å². The zero-order valence-electron chi connectivity index (χ0n) is 27.3. The molecule has 4 nitrogen and oxygen atoms in total. The van der Waals surface area contributed by atoms with Gasteiger partial charge in [-0.3, -0.25) is 0 Å². The highest BCUT2D eigenvalue weighted by Gasteiger charge is 2.40. The summed E-state index contributed by atoms with van der Waals surface area (Å²) in [5.74, 6) is 1.12. The van der Waals surface area contributed by atoms with Crippen LogP contribution in [0.2, 0.25) is 0 Å². The molecule has 9 aromatic rings. The quantitative estimate of drug-likeness (QED) is 0.187. The Kier molecular flexibility index (Phi) is 6.27. The van der Waals surface area contributed by atoms with Gasteiger partial charge in [0.2, 0.25) is 11.8 Å². The fraction of sp³-hybridized carbons (Fsp3) is 0.0435. The molecule has 2 aromatic heterocycles. The van der Waals surface area contributed by atoms with E-state index in [1.165, 1.54) is 33.4 Å². The second kappa shape index (κ2) is 11.0. The second-order valence-electron chi connectivity index (χ2n) is 13.1. The number of oxazole rings is 2. The van der Waals surface area contributed by atoms with E-state index in [4.69, 9.17) is 18.8 Å². The number of rotatable bonds is 5. The average Bonchev–Trinajstić information content (AvgIpc) is 3.89. The van der Waals surface area contributed by atoms with Gasteiger partial charge in [0.25, 0.3) is 0 Å². The van der Waals surface area contributed by atoms with Gasteiger partial charge in [-0.2, -0.15) is 0 Å². The van der Waals surface area contributed by atoms with Crippen molar-refractivity contribution in [3.8, 4) is 56.3 Å². The Morgan fingerprint density at radius 3 is 1.54 bits per heavy atom. The first-order chi connectivity index (χ1) is 24.6. The smallest absolute Gasteiger partial charge is 0.227 e. The molecule has 0 saturated heterocycles. The molecule has 1 aliphatic rings. The van der Waals surface area contributed by atoms with Crippen LogP contribution in [0.1, 0.15) is 23.6 Å². The highest BCUT2D eigenvalue weighted by atomic mass is 16.4. The van der Waals surface area contributed by atoms with Crippen molar-refractivity contribution >= 4 is 22.2 Å². The SMILES string of the molecule is CC1(c2ccccc2)c2ccccc2-c2ccc(-c3ccc(-c4cc(-c5nc6ccccc6o5)cc(-c5nc6ccccc6o5)c4)cc3)cc21. The van der Waals surface area contributed by atoms with Crippen LogP contribution in [0.25, 0.3) is 78.5 Å². The van der Waals surface area contributed by atoms with Crippen molar-refractivity contribution in [3.63, 3.8) is 0 Å². The summed E-state index contributed by atoms with van der Waals surface area (Å²) in [4.78, 5) is 9.62. The molecule has 0 bridgehead atoms. The summed E-state index contributed by atoms with van der Waals surface area (Å²) in [7, 11) is 0. The molecule has 7 aromatic carbocycles. The number of hydrogen-bond donors (Lipinski definition) is 0. The molecular weight excluding hydrogens is 613 g/mol. The topological polar surface area (TPSA) is 52.1 Å². The van der Waals surface area contributed by atoms with Crippen LogP contribution in [-0.2, 0) is 5.41 Å². The van der Waals surface area contributed by atoms with Crippen molar-refractivity contribution in [2.45, 2.75) is 12.3 Å². The number of nitrogens with zero attached hydrogens (tertiary/aromatic N) is 2. The van der Waals surface area contributed by atoms with E-state index in [1.807, 2.05) is 54.6 Å². The summed E-state index contributed by atoms with van der Waals surface area (Å²) in [5, 5.41) is 0. The maximum absolute atomic E-state index is 6.22. The maximum atomic E-state index is 6.22. The lowest BCUT2D eigenvalue weighted by Gasteiger charge is -2.28. The summed E-state index contributed by atoms with van der Waals surface area (Å²) in [6.45, 7) is 2.36. The van der Waals surface area contributed by atoms with E-state index in [0.29, 0.717) is 11.8 Å². The molecule has 0 fully saturated rings. The third-order valence-corrected chi connectivity index (χ3v) is 10.2. The molecule has 0 amide bonds. The van der Waals surface area contributed by atoms with Crippen molar-refractivity contribution in [2.24, 2.45) is 0 Å². The van der Waals surface area contributed by atoms with Crippen molar-refractivity contribution in [2.75, 3.05) is 0 Å². The monoisotopic (exact) mass is 642 g/mol. The highest BCUT2D eigenvalue weighted by molar-refractivity contribution is 5.87. The van der Waals surface area contributed by atoms with Gasteiger partial charge in [0.15, 0.2) is 11.2 Å². The minimum Gasteiger partial charge on any atom is -0.436 e. The van der Waals surface area contributed by atoms with E-state index in [0.717, 1.165) is 50.0 Å². The van der Waals surface area contributed by atoms with Gasteiger partial charge in [-0.1, -0.05) is 115 Å². The van der Waals surface area contributed by atoms with Crippen molar-refractivity contribution in [1.82, 2.24) is 9.97 Å². The molecular formula is C46H30N2O2. The molecule has 0 spiro atoms. The average molecular weight is 643 g/mol. The standard InChI is InChI=1S/C46H30N2O2/c1-46(35-11-3-2-4-12-35)38-14-6-5-13-36(38)37-24-23-31(28-39(37)46)29-19-21-30(22-20-29)32-25-33(44-47-40-15-7-9-17-42(40)49-44)27-34(26-32)45-48-41-16-8-10-18-43(41)50-45/h2-28H,1H3. The first-order valence-corrected chi connectivity index (χ1v) is 16.9. The molecule has 4 heteroatoms. The van der Waals surface area contributed by atoms with E-state index in [1.54, 1.807) is 0 Å². The first-order valence-electron chi connectivity index (χ1n) is 16.9. The second-order valence-corrected chi connectivity index (χ2v) is 13.1. The number of benzene rings is 7. The van der Waals surface area contributed by atoms with Crippen LogP contribution in [0, 0.1) is 0 Å². The van der Waals surface area contributed by atoms with Crippen molar-refractivity contribution in [3.05, 3.63) is 180 Å². The predicted octanol–water partition coefficient (Wildman–Crippen LogP) is 12.0. The van der Waals surface area contributed by atoms with Crippen LogP contribution in [0.3, 0.4) is 0 Å². The number of para-hydroxylation sites is 4. The Morgan fingerprint density at radius 2 is 0.900 bits per heavy atom. The van der Waals surface area contributed by atoms with Crippen LogP contribution in [-0.4, -0.2) is 9.97 Å². The molecule has 0 N–H and O–H groups in total. The molecule has 0 radical (unpaired) electrons. The summed E-state index contributed by atoms with van der Waals surface area (Å²) in [6, 6.07) is 57.4. The Labute approximate surface area is 289 Å². The van der Waals surface area contributed by atoms with Gasteiger partial charge in [0, 0.05) is 16.5 Å². The molecule has 10 rings (SSSR count). The largest absolute Gasteiger partial charge is 0.436 e. The van der Waals surface area contributed by atoms with E-state index >= 15 is 0 Å². The summed E-state index contributed by atoms with van der Waals surface area (Å²) in [5.41, 5.74) is 15.7. The molecule has 2 heterocycles. The summed E-state index contributed by atoms with van der Waals surface area (Å²) >= 11 is 0. The van der Waals surface area contributed by atoms with Gasteiger partial charge >= 0.3 is 0 Å². The third kappa shape index (κ3) is 4.46. The fourth-order valence-electron chi connectivity index (χ4n) is 7.64. The molecule has 1 atom stereocenters. The lowest BCUT2D eigenvalue weighted by Crippen LogP contribution is -2.22. The number of aromatic nitrogens is 2. The van der Waals surface area contributed by atoms with Crippen LogP contribution in [0.15, 0.2) is 173 Å². The van der Waals surface area contributed by atoms with E-state index in [9.17, 15) is 0 Å². The zero-order valence-corrected chi connectivity index (χ0v) is 27.3. The molecule has 1 aliphatic carbocycles. The first kappa shape index (κ1) is 28.5. The normalized spacial score (nSPS) is 15.0. The van der Waals surface area contributed by atoms with E-state index in [-0.39, 0.29) is 5.41 Å². The van der Waals surface area contributed by atoms with Crippen LogP contribution in [0.5, 0.6) is 0 Å². The van der Waals surface area contributed by atoms with E-state index in [2.05, 4.69) is 116 Å². The lowest BCUT2D eigenvalue weighted by molar-refractivity contribution is 0.617. The van der Waals surface area contributed by atoms with Crippen molar-refractivity contribution in [1.29, 1.82) is 0 Å². The summed E-state index contributed by atoms with van der Waals surface area (Å²) < 4.78 is 12.4. The highest BCUT2D eigenvalue weighted by Crippen LogP contribution is 2.53. The van der Waals surface area contributed by atoms with Crippen LogP contribution >= 0.6 is 0 Å². The predicted molar refractivity (Wildman–Crippen MR) is 201 cm³/mol. The van der Waals surface area contributed by atoms with Crippen LogP contribution < -0.4 is 0 Å². The Bertz CT molecular complexity index is 2560. The Morgan fingerprint density at radius 1 is 0.400 bits per heavy atom. The van der Waals surface area contributed by atoms with Gasteiger partial charge in [-0.15, -0.1) is 0 Å². The minimum absolute atomic E-state index is 0.241. The third-order valence-electron chi connectivity index (χ3n) is 10.2. The fourth-order valence-corrected chi connectivity index (χ4v) is 7.64. The molecule has 0 saturated carbocycles. The molecule has 50 heavy (non-hydrogen) atoms. The molecule has 236 valence electrons. The number of fused-ring (bicyclic) bond motifs is 5. The Balaban J connectivity index is 1.07. The zero-order chi connectivity index (χ0) is 33.2. The summed E-state index contributed by atoms with van der Waals surface area (Å²) in [6.07, 6.45) is 0. The minimum atomic E-state index is -0.241. The Hall–Kier alpha value is -6.52. The lowest BCUT2D eigenvalue weighted by atomic mass is 9.74. The molecule has 1 unspecified atom stereocenters. The van der Waals surface area contributed by atoms with E-state index < -0.39 is 0 Å². The maximum Gasteiger partial charge on any atom is 0.227 e. The number of hydrogen-bond acceptors (Lipinski definition) is 4. The van der Waals surface area contributed by atoms with Crippen LogP contribution in [0.4, 0.5) is 0 Å².